The minimum absolute atomic E-state index is 0.0456. The van der Waals surface area contributed by atoms with E-state index >= 15 is 0 Å². The minimum atomic E-state index is 0.0456. The fraction of sp³-hybridized carbons (Fsp3) is 0.464. The van der Waals surface area contributed by atoms with Crippen molar-refractivity contribution in [1.29, 1.82) is 0 Å². The molecule has 0 unspecified atom stereocenters. The van der Waals surface area contributed by atoms with E-state index < -0.39 is 0 Å². The number of rotatable bonds is 7. The van der Waals surface area contributed by atoms with Crippen LogP contribution < -0.4 is 5.32 Å². The lowest BCUT2D eigenvalue weighted by molar-refractivity contribution is -0.121. The van der Waals surface area contributed by atoms with E-state index in [1.165, 1.54) is 31.2 Å². The van der Waals surface area contributed by atoms with Crippen molar-refractivity contribution >= 4 is 22.8 Å². The maximum atomic E-state index is 13.2. The zero-order valence-electron chi connectivity index (χ0n) is 21.7. The molecule has 1 amide bonds. The number of amides is 1. The SMILES string of the molecule is CCCCC1CCC(C(=O)Nc2cc(C)nn2-c2ncnc3c2cnn3-c2ccc(C)cc2C)CC1. The standard InChI is InChI=1S/C28H35N7O/c1-5-6-7-21-9-11-22(12-10-21)28(36)32-25-15-20(4)33-35(25)27-23-16-31-34(26(23)29-17-30-27)24-13-8-18(2)14-19(24)3/h8,13-17,21-22H,5-7,9-12H2,1-4H3,(H,32,36). The molecule has 8 nitrogen and oxygen atoms in total. The normalized spacial score (nSPS) is 18.0. The maximum Gasteiger partial charge on any atom is 0.228 e. The molecule has 3 aromatic heterocycles. The van der Waals surface area contributed by atoms with Gasteiger partial charge in [0.25, 0.3) is 0 Å². The first-order valence-corrected chi connectivity index (χ1v) is 13.1. The van der Waals surface area contributed by atoms with E-state index in [1.54, 1.807) is 10.9 Å². The Kier molecular flexibility index (Phi) is 6.85. The van der Waals surface area contributed by atoms with Gasteiger partial charge in [-0.3, -0.25) is 4.79 Å². The van der Waals surface area contributed by atoms with Crippen LogP contribution in [0.3, 0.4) is 0 Å². The Morgan fingerprint density at radius 2 is 1.86 bits per heavy atom. The van der Waals surface area contributed by atoms with Crippen LogP contribution in [0.2, 0.25) is 0 Å². The molecule has 3 heterocycles. The molecule has 0 aliphatic heterocycles. The maximum absolute atomic E-state index is 13.2. The van der Waals surface area contributed by atoms with Gasteiger partial charge in [0.05, 0.1) is 23.0 Å². The van der Waals surface area contributed by atoms with Gasteiger partial charge in [-0.2, -0.15) is 14.9 Å². The van der Waals surface area contributed by atoms with Crippen LogP contribution in [-0.4, -0.2) is 35.4 Å². The van der Waals surface area contributed by atoms with Crippen molar-refractivity contribution in [2.24, 2.45) is 11.8 Å². The largest absolute Gasteiger partial charge is 0.310 e. The monoisotopic (exact) mass is 485 g/mol. The van der Waals surface area contributed by atoms with E-state index in [1.807, 2.05) is 17.7 Å². The summed E-state index contributed by atoms with van der Waals surface area (Å²) in [7, 11) is 0. The zero-order chi connectivity index (χ0) is 25.2. The highest BCUT2D eigenvalue weighted by Crippen LogP contribution is 2.33. The summed E-state index contributed by atoms with van der Waals surface area (Å²) in [6.45, 7) is 8.30. The van der Waals surface area contributed by atoms with Crippen molar-refractivity contribution in [2.75, 3.05) is 5.32 Å². The molecule has 8 heteroatoms. The molecule has 0 saturated heterocycles. The third-order valence-corrected chi connectivity index (χ3v) is 7.39. The number of hydrogen-bond donors (Lipinski definition) is 1. The second kappa shape index (κ2) is 10.2. The van der Waals surface area contributed by atoms with Crippen LogP contribution in [0.1, 0.15) is 68.7 Å². The van der Waals surface area contributed by atoms with E-state index in [2.05, 4.69) is 64.5 Å². The smallest absolute Gasteiger partial charge is 0.228 e. The number of carbonyl (C=O) groups excluding carboxylic acids is 1. The molecule has 0 bridgehead atoms. The van der Waals surface area contributed by atoms with Crippen LogP contribution in [0.25, 0.3) is 22.5 Å². The number of aromatic nitrogens is 6. The molecule has 0 radical (unpaired) electrons. The fourth-order valence-corrected chi connectivity index (χ4v) is 5.40. The molecular weight excluding hydrogens is 450 g/mol. The summed E-state index contributed by atoms with van der Waals surface area (Å²) in [5.74, 6) is 2.11. The van der Waals surface area contributed by atoms with Gasteiger partial charge in [-0.1, -0.05) is 43.9 Å². The molecule has 0 atom stereocenters. The van der Waals surface area contributed by atoms with Gasteiger partial charge in [-0.05, 0) is 64.0 Å². The highest BCUT2D eigenvalue weighted by Gasteiger charge is 2.27. The number of fused-ring (bicyclic) bond motifs is 1. The summed E-state index contributed by atoms with van der Waals surface area (Å²) >= 11 is 0. The van der Waals surface area contributed by atoms with Crippen molar-refractivity contribution in [3.8, 4) is 11.5 Å². The molecule has 4 aromatic rings. The summed E-state index contributed by atoms with van der Waals surface area (Å²) in [5, 5.41) is 13.2. The number of nitrogens with one attached hydrogen (secondary N) is 1. The molecule has 0 spiro atoms. The number of nitrogens with zero attached hydrogens (tertiary/aromatic N) is 6. The fourth-order valence-electron chi connectivity index (χ4n) is 5.40. The van der Waals surface area contributed by atoms with Crippen LogP contribution in [0.5, 0.6) is 0 Å². The first-order chi connectivity index (χ1) is 17.4. The molecule has 1 fully saturated rings. The molecule has 1 aliphatic carbocycles. The van der Waals surface area contributed by atoms with Crippen molar-refractivity contribution in [3.05, 3.63) is 53.6 Å². The van der Waals surface area contributed by atoms with Crippen LogP contribution in [0.15, 0.2) is 36.8 Å². The van der Waals surface area contributed by atoms with Gasteiger partial charge in [0, 0.05) is 12.0 Å². The van der Waals surface area contributed by atoms with Crippen molar-refractivity contribution in [2.45, 2.75) is 72.6 Å². The molecule has 1 aromatic carbocycles. The average molecular weight is 486 g/mol. The summed E-state index contributed by atoms with van der Waals surface area (Å²) in [5.41, 5.74) is 4.79. The Morgan fingerprint density at radius 1 is 1.06 bits per heavy atom. The average Bonchev–Trinajstić information content (AvgIpc) is 3.46. The number of aryl methyl sites for hydroxylation is 3. The van der Waals surface area contributed by atoms with Gasteiger partial charge < -0.3 is 5.32 Å². The Hall–Kier alpha value is -3.55. The van der Waals surface area contributed by atoms with Gasteiger partial charge >= 0.3 is 0 Å². The summed E-state index contributed by atoms with van der Waals surface area (Å²) < 4.78 is 3.54. The van der Waals surface area contributed by atoms with E-state index in [0.717, 1.165) is 53.9 Å². The molecule has 1 aliphatic rings. The molecule has 1 saturated carbocycles. The van der Waals surface area contributed by atoms with Crippen molar-refractivity contribution in [3.63, 3.8) is 0 Å². The van der Waals surface area contributed by atoms with Crippen molar-refractivity contribution in [1.82, 2.24) is 29.5 Å². The minimum Gasteiger partial charge on any atom is -0.310 e. The Bertz CT molecular complexity index is 1380. The van der Waals surface area contributed by atoms with Crippen LogP contribution >= 0.6 is 0 Å². The predicted octanol–water partition coefficient (Wildman–Crippen LogP) is 5.86. The third-order valence-electron chi connectivity index (χ3n) is 7.39. The quantitative estimate of drug-likeness (QED) is 0.354. The Morgan fingerprint density at radius 3 is 2.61 bits per heavy atom. The number of carbonyl (C=O) groups is 1. The highest BCUT2D eigenvalue weighted by molar-refractivity contribution is 5.93. The van der Waals surface area contributed by atoms with Crippen LogP contribution in [-0.2, 0) is 4.79 Å². The summed E-state index contributed by atoms with van der Waals surface area (Å²) in [4.78, 5) is 22.3. The van der Waals surface area contributed by atoms with E-state index in [9.17, 15) is 4.79 Å². The number of hydrogen-bond acceptors (Lipinski definition) is 5. The second-order valence-electron chi connectivity index (χ2n) is 10.2. The lowest BCUT2D eigenvalue weighted by Gasteiger charge is -2.27. The number of benzene rings is 1. The Labute approximate surface area is 212 Å². The predicted molar refractivity (Wildman–Crippen MR) is 142 cm³/mol. The molecule has 188 valence electrons. The molecule has 36 heavy (non-hydrogen) atoms. The zero-order valence-corrected chi connectivity index (χ0v) is 21.7. The molecule has 1 N–H and O–H groups in total. The first kappa shape index (κ1) is 24.2. The number of unbranched alkanes of at least 4 members (excludes halogenated alkanes) is 1. The van der Waals surface area contributed by atoms with Gasteiger partial charge in [-0.15, -0.1) is 0 Å². The lowest BCUT2D eigenvalue weighted by Crippen LogP contribution is -2.28. The van der Waals surface area contributed by atoms with Gasteiger partial charge in [0.15, 0.2) is 11.5 Å². The Balaban J connectivity index is 1.41. The molecular formula is C28H35N7O. The number of anilines is 1. The van der Waals surface area contributed by atoms with E-state index in [4.69, 9.17) is 0 Å². The lowest BCUT2D eigenvalue weighted by atomic mass is 9.79. The van der Waals surface area contributed by atoms with Crippen LogP contribution in [0, 0.1) is 32.6 Å². The first-order valence-electron chi connectivity index (χ1n) is 13.1. The summed E-state index contributed by atoms with van der Waals surface area (Å²) in [6.07, 6.45) is 11.3. The van der Waals surface area contributed by atoms with Gasteiger partial charge in [0.1, 0.15) is 12.1 Å². The molecule has 5 rings (SSSR count). The van der Waals surface area contributed by atoms with Gasteiger partial charge in [0.2, 0.25) is 5.91 Å². The highest BCUT2D eigenvalue weighted by atomic mass is 16.2. The topological polar surface area (TPSA) is 90.5 Å². The van der Waals surface area contributed by atoms with E-state index in [0.29, 0.717) is 17.3 Å². The van der Waals surface area contributed by atoms with E-state index in [-0.39, 0.29) is 11.8 Å². The van der Waals surface area contributed by atoms with Crippen molar-refractivity contribution < 1.29 is 4.79 Å². The second-order valence-corrected chi connectivity index (χ2v) is 10.2. The third kappa shape index (κ3) is 4.76. The van der Waals surface area contributed by atoms with Gasteiger partial charge in [-0.25, -0.2) is 14.6 Å². The summed E-state index contributed by atoms with van der Waals surface area (Å²) in [6, 6.07) is 8.15. The van der Waals surface area contributed by atoms with Crippen LogP contribution in [0.4, 0.5) is 5.82 Å².